The molecule has 5 heteroatoms. The van der Waals surface area contributed by atoms with Crippen LogP contribution in [-0.2, 0) is 0 Å². The Balaban J connectivity index is 1.71. The van der Waals surface area contributed by atoms with Crippen molar-refractivity contribution in [1.29, 1.82) is 0 Å². The molecule has 0 spiro atoms. The fourth-order valence-corrected chi connectivity index (χ4v) is 2.97. The van der Waals surface area contributed by atoms with Crippen molar-refractivity contribution in [3.63, 3.8) is 0 Å². The molecule has 0 aliphatic rings. The van der Waals surface area contributed by atoms with E-state index in [0.29, 0.717) is 29.1 Å². The third-order valence-electron chi connectivity index (χ3n) is 4.25. The van der Waals surface area contributed by atoms with Crippen molar-refractivity contribution in [2.45, 2.75) is 39.5 Å². The lowest BCUT2D eigenvalue weighted by atomic mass is 10.1. The molecule has 4 nitrogen and oxygen atoms in total. The van der Waals surface area contributed by atoms with Gasteiger partial charge >= 0.3 is 0 Å². The van der Waals surface area contributed by atoms with E-state index in [2.05, 4.69) is 17.1 Å². The molecule has 0 atom stereocenters. The summed E-state index contributed by atoms with van der Waals surface area (Å²) in [6.07, 6.45) is 4.66. The highest BCUT2D eigenvalue weighted by Crippen LogP contribution is 2.31. The van der Waals surface area contributed by atoms with Gasteiger partial charge in [-0.1, -0.05) is 61.1 Å². The molecule has 0 radical (unpaired) electrons. The Morgan fingerprint density at radius 1 is 1.08 bits per heavy atom. The average molecular weight is 371 g/mol. The van der Waals surface area contributed by atoms with Crippen LogP contribution in [0.1, 0.15) is 38.2 Å². The Labute approximate surface area is 159 Å². The van der Waals surface area contributed by atoms with Crippen molar-refractivity contribution in [3.05, 3.63) is 53.1 Å². The maximum Gasteiger partial charge on any atom is 0.258 e. The summed E-state index contributed by atoms with van der Waals surface area (Å²) < 4.78 is 11.2. The van der Waals surface area contributed by atoms with Crippen molar-refractivity contribution < 1.29 is 9.26 Å². The smallest absolute Gasteiger partial charge is 0.258 e. The fraction of sp³-hybridized carbons (Fsp3) is 0.333. The van der Waals surface area contributed by atoms with Crippen LogP contribution >= 0.6 is 11.6 Å². The van der Waals surface area contributed by atoms with E-state index in [0.717, 1.165) is 23.1 Å². The van der Waals surface area contributed by atoms with E-state index in [1.165, 1.54) is 19.3 Å². The van der Waals surface area contributed by atoms with Crippen LogP contribution in [0.3, 0.4) is 0 Å². The molecule has 0 unspecified atom stereocenters. The van der Waals surface area contributed by atoms with Gasteiger partial charge < -0.3 is 9.26 Å². The molecule has 26 heavy (non-hydrogen) atoms. The molecule has 2 aromatic carbocycles. The highest BCUT2D eigenvalue weighted by atomic mass is 35.5. The normalized spacial score (nSPS) is 10.9. The maximum atomic E-state index is 6.36. The summed E-state index contributed by atoms with van der Waals surface area (Å²) in [6, 6.07) is 13.5. The Bertz CT molecular complexity index is 861. The van der Waals surface area contributed by atoms with Gasteiger partial charge in [-0.2, -0.15) is 4.98 Å². The molecule has 136 valence electrons. The van der Waals surface area contributed by atoms with Crippen molar-refractivity contribution >= 4 is 11.6 Å². The number of hydrogen-bond donors (Lipinski definition) is 0. The van der Waals surface area contributed by atoms with Crippen molar-refractivity contribution in [1.82, 2.24) is 10.1 Å². The number of rotatable bonds is 8. The van der Waals surface area contributed by atoms with Gasteiger partial charge in [-0.25, -0.2) is 0 Å². The molecular weight excluding hydrogens is 348 g/mol. The summed E-state index contributed by atoms with van der Waals surface area (Å²) in [7, 11) is 0. The summed E-state index contributed by atoms with van der Waals surface area (Å²) in [5, 5.41) is 4.64. The van der Waals surface area contributed by atoms with Crippen molar-refractivity contribution in [2.75, 3.05) is 6.61 Å². The Kier molecular flexibility index (Phi) is 6.29. The van der Waals surface area contributed by atoms with Gasteiger partial charge in [0, 0.05) is 11.1 Å². The lowest BCUT2D eigenvalue weighted by molar-refractivity contribution is 0.305. The summed E-state index contributed by atoms with van der Waals surface area (Å²) in [5.41, 5.74) is 2.83. The zero-order valence-corrected chi connectivity index (χ0v) is 15.9. The molecule has 0 aliphatic carbocycles. The van der Waals surface area contributed by atoms with Gasteiger partial charge in [0.25, 0.3) is 5.89 Å². The van der Waals surface area contributed by atoms with Gasteiger partial charge in [0.05, 0.1) is 11.6 Å². The molecule has 0 saturated carbocycles. The summed E-state index contributed by atoms with van der Waals surface area (Å²) in [5.74, 6) is 1.71. The van der Waals surface area contributed by atoms with Gasteiger partial charge in [-0.15, -0.1) is 0 Å². The van der Waals surface area contributed by atoms with E-state index in [4.69, 9.17) is 20.9 Å². The second kappa shape index (κ2) is 8.86. The molecule has 0 aliphatic heterocycles. The van der Waals surface area contributed by atoms with Gasteiger partial charge in [0.15, 0.2) is 0 Å². The number of unbranched alkanes of at least 4 members (excludes halogenated alkanes) is 3. The van der Waals surface area contributed by atoms with Crippen LogP contribution in [0, 0.1) is 6.92 Å². The topological polar surface area (TPSA) is 48.2 Å². The van der Waals surface area contributed by atoms with Crippen LogP contribution in [-0.4, -0.2) is 16.7 Å². The SMILES string of the molecule is CCCCCCOc1ccc(-c2noc(-c3ccccc3C)n2)cc1Cl. The van der Waals surface area contributed by atoms with Crippen LogP contribution in [0.5, 0.6) is 5.75 Å². The van der Waals surface area contributed by atoms with Gasteiger partial charge in [0.1, 0.15) is 5.75 Å². The number of nitrogens with zero attached hydrogens (tertiary/aromatic N) is 2. The van der Waals surface area contributed by atoms with Crippen molar-refractivity contribution in [3.8, 4) is 28.6 Å². The zero-order valence-electron chi connectivity index (χ0n) is 15.2. The Morgan fingerprint density at radius 3 is 2.69 bits per heavy atom. The predicted octanol–water partition coefficient (Wildman–Crippen LogP) is 6.32. The zero-order chi connectivity index (χ0) is 18.4. The van der Waals surface area contributed by atoms with E-state index in [9.17, 15) is 0 Å². The van der Waals surface area contributed by atoms with Crippen LogP contribution in [0.15, 0.2) is 47.0 Å². The second-order valence-corrected chi connectivity index (χ2v) is 6.70. The molecule has 0 N–H and O–H groups in total. The second-order valence-electron chi connectivity index (χ2n) is 6.29. The fourth-order valence-electron chi connectivity index (χ4n) is 2.73. The number of aryl methyl sites for hydroxylation is 1. The first-order chi connectivity index (χ1) is 12.7. The van der Waals surface area contributed by atoms with Gasteiger partial charge in [-0.3, -0.25) is 0 Å². The van der Waals surface area contributed by atoms with E-state index in [-0.39, 0.29) is 0 Å². The standard InChI is InChI=1S/C21H23ClN2O2/c1-3-4-5-8-13-25-19-12-11-16(14-18(19)22)20-23-21(26-24-20)17-10-7-6-9-15(17)2/h6-7,9-12,14H,3-5,8,13H2,1-2H3. The number of ether oxygens (including phenoxy) is 1. The van der Waals surface area contributed by atoms with Crippen LogP contribution in [0.25, 0.3) is 22.8 Å². The average Bonchev–Trinajstić information content (AvgIpc) is 3.13. The van der Waals surface area contributed by atoms with Crippen molar-refractivity contribution in [2.24, 2.45) is 0 Å². The van der Waals surface area contributed by atoms with E-state index >= 15 is 0 Å². The van der Waals surface area contributed by atoms with Crippen LogP contribution < -0.4 is 4.74 Å². The molecular formula is C21H23ClN2O2. The first-order valence-corrected chi connectivity index (χ1v) is 9.39. The number of halogens is 1. The number of benzene rings is 2. The minimum Gasteiger partial charge on any atom is -0.492 e. The molecule has 3 aromatic rings. The highest BCUT2D eigenvalue weighted by Gasteiger charge is 2.13. The van der Waals surface area contributed by atoms with E-state index in [1.807, 2.05) is 49.4 Å². The Hall–Kier alpha value is -2.33. The quantitative estimate of drug-likeness (QED) is 0.435. The molecule has 1 aromatic heterocycles. The third kappa shape index (κ3) is 4.44. The molecule has 3 rings (SSSR count). The first kappa shape index (κ1) is 18.5. The number of aromatic nitrogens is 2. The Morgan fingerprint density at radius 2 is 1.92 bits per heavy atom. The summed E-state index contributed by atoms with van der Waals surface area (Å²) in [6.45, 7) is 4.89. The van der Waals surface area contributed by atoms with E-state index in [1.54, 1.807) is 0 Å². The first-order valence-electron chi connectivity index (χ1n) is 9.01. The molecule has 0 bridgehead atoms. The lowest BCUT2D eigenvalue weighted by Gasteiger charge is -2.08. The molecule has 0 fully saturated rings. The maximum absolute atomic E-state index is 6.36. The minimum absolute atomic E-state index is 0.505. The van der Waals surface area contributed by atoms with Gasteiger partial charge in [0.2, 0.25) is 5.82 Å². The monoisotopic (exact) mass is 370 g/mol. The summed E-state index contributed by atoms with van der Waals surface area (Å²) in [4.78, 5) is 4.50. The summed E-state index contributed by atoms with van der Waals surface area (Å²) >= 11 is 6.36. The molecule has 0 saturated heterocycles. The van der Waals surface area contributed by atoms with Gasteiger partial charge in [-0.05, 0) is 43.2 Å². The third-order valence-corrected chi connectivity index (χ3v) is 4.54. The van der Waals surface area contributed by atoms with E-state index < -0.39 is 0 Å². The van der Waals surface area contributed by atoms with Crippen LogP contribution in [0.4, 0.5) is 0 Å². The highest BCUT2D eigenvalue weighted by molar-refractivity contribution is 6.32. The molecule has 1 heterocycles. The number of hydrogen-bond acceptors (Lipinski definition) is 4. The van der Waals surface area contributed by atoms with Crippen LogP contribution in [0.2, 0.25) is 5.02 Å². The predicted molar refractivity (Wildman–Crippen MR) is 105 cm³/mol. The minimum atomic E-state index is 0.505. The lowest BCUT2D eigenvalue weighted by Crippen LogP contribution is -1.98. The largest absolute Gasteiger partial charge is 0.492 e. The molecule has 0 amide bonds.